The summed E-state index contributed by atoms with van der Waals surface area (Å²) >= 11 is 11.4. The van der Waals surface area contributed by atoms with Crippen molar-refractivity contribution >= 4 is 23.2 Å². The molecule has 0 unspecified atom stereocenters. The van der Waals surface area contributed by atoms with E-state index in [0.717, 1.165) is 30.4 Å². The van der Waals surface area contributed by atoms with Crippen molar-refractivity contribution in [3.8, 4) is 11.5 Å². The highest BCUT2D eigenvalue weighted by Gasteiger charge is 1.99. The molecular formula is C17H20Cl2O2. The number of hydrogen-bond donors (Lipinski definition) is 2. The van der Waals surface area contributed by atoms with Crippen molar-refractivity contribution in [2.75, 3.05) is 0 Å². The summed E-state index contributed by atoms with van der Waals surface area (Å²) in [6.45, 7) is 4.05. The molecule has 0 atom stereocenters. The Balaban J connectivity index is 0.000000211. The first-order valence-electron chi connectivity index (χ1n) is 6.92. The van der Waals surface area contributed by atoms with Gasteiger partial charge in [0.1, 0.15) is 11.5 Å². The highest BCUT2D eigenvalue weighted by Crippen LogP contribution is 2.22. The van der Waals surface area contributed by atoms with E-state index in [2.05, 4.69) is 6.92 Å². The van der Waals surface area contributed by atoms with E-state index in [0.29, 0.717) is 21.5 Å². The number of rotatable bonds is 3. The minimum absolute atomic E-state index is 0.326. The van der Waals surface area contributed by atoms with Gasteiger partial charge in [0.05, 0.1) is 0 Å². The lowest BCUT2D eigenvalue weighted by molar-refractivity contribution is 0.467. The number of phenols is 2. The van der Waals surface area contributed by atoms with Gasteiger partial charge in [-0.05, 0) is 60.4 Å². The van der Waals surface area contributed by atoms with Gasteiger partial charge in [-0.2, -0.15) is 0 Å². The molecule has 0 saturated heterocycles. The van der Waals surface area contributed by atoms with Gasteiger partial charge in [0, 0.05) is 10.0 Å². The predicted molar refractivity (Wildman–Crippen MR) is 89.6 cm³/mol. The normalized spacial score (nSPS) is 9.90. The largest absolute Gasteiger partial charge is 0.508 e. The summed E-state index contributed by atoms with van der Waals surface area (Å²) in [4.78, 5) is 0. The van der Waals surface area contributed by atoms with Crippen LogP contribution in [0.15, 0.2) is 36.4 Å². The van der Waals surface area contributed by atoms with Crippen LogP contribution in [0.1, 0.15) is 31.4 Å². The van der Waals surface area contributed by atoms with Crippen LogP contribution in [0.5, 0.6) is 11.5 Å². The minimum atomic E-state index is 0.326. The molecule has 0 radical (unpaired) electrons. The van der Waals surface area contributed by atoms with E-state index in [1.807, 2.05) is 6.92 Å². The van der Waals surface area contributed by atoms with Gasteiger partial charge in [-0.3, -0.25) is 0 Å². The van der Waals surface area contributed by atoms with E-state index in [1.165, 1.54) is 0 Å². The van der Waals surface area contributed by atoms with Gasteiger partial charge in [0.15, 0.2) is 0 Å². The molecule has 2 rings (SSSR count). The van der Waals surface area contributed by atoms with Crippen LogP contribution in [0, 0.1) is 0 Å². The Hall–Kier alpha value is -1.38. The monoisotopic (exact) mass is 326 g/mol. The summed E-state index contributed by atoms with van der Waals surface area (Å²) in [5.41, 5.74) is 1.83. The van der Waals surface area contributed by atoms with Gasteiger partial charge in [0.2, 0.25) is 0 Å². The van der Waals surface area contributed by atoms with Gasteiger partial charge >= 0.3 is 0 Å². The summed E-state index contributed by atoms with van der Waals surface area (Å²) in [6.07, 6.45) is 2.71. The molecule has 0 aliphatic carbocycles. The van der Waals surface area contributed by atoms with E-state index in [-0.39, 0.29) is 0 Å². The molecule has 0 saturated carbocycles. The maximum atomic E-state index is 9.31. The van der Waals surface area contributed by atoms with Gasteiger partial charge in [-0.1, -0.05) is 43.5 Å². The first kappa shape index (κ1) is 17.7. The third kappa shape index (κ3) is 5.86. The summed E-state index contributed by atoms with van der Waals surface area (Å²) in [6, 6.07) is 10.2. The van der Waals surface area contributed by atoms with Crippen LogP contribution in [-0.2, 0) is 12.8 Å². The van der Waals surface area contributed by atoms with Crippen molar-refractivity contribution in [2.24, 2.45) is 0 Å². The minimum Gasteiger partial charge on any atom is -0.508 e. The second-order valence-electron chi connectivity index (χ2n) is 4.65. The molecule has 2 aromatic rings. The van der Waals surface area contributed by atoms with Crippen molar-refractivity contribution in [3.05, 3.63) is 57.6 Å². The second-order valence-corrected chi connectivity index (χ2v) is 5.52. The zero-order valence-electron chi connectivity index (χ0n) is 12.2. The quantitative estimate of drug-likeness (QED) is 0.769. The Morgan fingerprint density at radius 1 is 0.810 bits per heavy atom. The maximum Gasteiger partial charge on any atom is 0.118 e. The highest BCUT2D eigenvalue weighted by molar-refractivity contribution is 6.31. The third-order valence-corrected chi connectivity index (χ3v) is 3.45. The molecule has 0 aromatic heterocycles. The Bertz CT molecular complexity index is 583. The first-order valence-corrected chi connectivity index (χ1v) is 7.68. The third-order valence-electron chi connectivity index (χ3n) is 2.98. The van der Waals surface area contributed by atoms with Crippen LogP contribution in [-0.4, -0.2) is 10.2 Å². The summed E-state index contributed by atoms with van der Waals surface area (Å²) < 4.78 is 0. The van der Waals surface area contributed by atoms with Gasteiger partial charge in [0.25, 0.3) is 0 Å². The lowest BCUT2D eigenvalue weighted by Gasteiger charge is -2.01. The van der Waals surface area contributed by atoms with Crippen LogP contribution >= 0.6 is 23.2 Å². The average molecular weight is 327 g/mol. The van der Waals surface area contributed by atoms with Crippen molar-refractivity contribution in [2.45, 2.75) is 33.1 Å². The smallest absolute Gasteiger partial charge is 0.118 e. The molecular weight excluding hydrogens is 307 g/mol. The molecule has 114 valence electrons. The molecule has 0 bridgehead atoms. The number of halogens is 2. The molecule has 0 spiro atoms. The van der Waals surface area contributed by atoms with E-state index < -0.39 is 0 Å². The van der Waals surface area contributed by atoms with Crippen LogP contribution in [0.2, 0.25) is 10.0 Å². The molecule has 0 aliphatic rings. The lowest BCUT2D eigenvalue weighted by Crippen LogP contribution is -1.83. The predicted octanol–water partition coefficient (Wildman–Crippen LogP) is 5.61. The molecule has 0 fully saturated rings. The van der Waals surface area contributed by atoms with E-state index >= 15 is 0 Å². The molecule has 2 N–H and O–H groups in total. The van der Waals surface area contributed by atoms with E-state index in [9.17, 15) is 10.2 Å². The number of aromatic hydroxyl groups is 2. The Kier molecular flexibility index (Phi) is 7.41. The summed E-state index contributed by atoms with van der Waals surface area (Å²) in [7, 11) is 0. The Morgan fingerprint density at radius 3 is 1.71 bits per heavy atom. The van der Waals surface area contributed by atoms with Crippen LogP contribution in [0.25, 0.3) is 0 Å². The molecule has 4 heteroatoms. The van der Waals surface area contributed by atoms with Crippen molar-refractivity contribution in [1.82, 2.24) is 0 Å². The number of phenolic OH excluding ortho intramolecular Hbond substituents is 2. The van der Waals surface area contributed by atoms with Crippen LogP contribution < -0.4 is 0 Å². The number of aryl methyl sites for hydroxylation is 2. The standard InChI is InChI=1S/C9H11ClO.C8H9ClO/c1-2-3-7-6-8(10)4-5-9(7)11;1-2-6-5-7(9)3-4-8(6)10/h4-6,11H,2-3H2,1H3;3-5,10H,2H2,1H3. The van der Waals surface area contributed by atoms with Gasteiger partial charge in [-0.25, -0.2) is 0 Å². The Labute approximate surface area is 136 Å². The van der Waals surface area contributed by atoms with Gasteiger partial charge < -0.3 is 10.2 Å². The molecule has 2 nitrogen and oxygen atoms in total. The molecule has 21 heavy (non-hydrogen) atoms. The summed E-state index contributed by atoms with van der Waals surface area (Å²) in [5, 5.41) is 19.8. The highest BCUT2D eigenvalue weighted by atomic mass is 35.5. The molecule has 2 aromatic carbocycles. The Morgan fingerprint density at radius 2 is 1.29 bits per heavy atom. The SMILES string of the molecule is CCCc1cc(Cl)ccc1O.CCc1cc(Cl)ccc1O. The number of benzene rings is 2. The lowest BCUT2D eigenvalue weighted by atomic mass is 10.1. The van der Waals surface area contributed by atoms with Crippen LogP contribution in [0.4, 0.5) is 0 Å². The van der Waals surface area contributed by atoms with Crippen molar-refractivity contribution < 1.29 is 10.2 Å². The topological polar surface area (TPSA) is 40.5 Å². The zero-order chi connectivity index (χ0) is 15.8. The fourth-order valence-electron chi connectivity index (χ4n) is 1.86. The molecule has 0 aliphatic heterocycles. The second kappa shape index (κ2) is 8.81. The fourth-order valence-corrected chi connectivity index (χ4v) is 2.25. The molecule has 0 amide bonds. The van der Waals surface area contributed by atoms with Crippen molar-refractivity contribution in [1.29, 1.82) is 0 Å². The molecule has 0 heterocycles. The van der Waals surface area contributed by atoms with E-state index in [1.54, 1.807) is 36.4 Å². The van der Waals surface area contributed by atoms with E-state index in [4.69, 9.17) is 23.2 Å². The van der Waals surface area contributed by atoms with Crippen molar-refractivity contribution in [3.63, 3.8) is 0 Å². The maximum absolute atomic E-state index is 9.31. The van der Waals surface area contributed by atoms with Crippen LogP contribution in [0.3, 0.4) is 0 Å². The summed E-state index contributed by atoms with van der Waals surface area (Å²) in [5.74, 6) is 0.670. The first-order chi connectivity index (χ1) is 9.97. The fraction of sp³-hybridized carbons (Fsp3) is 0.294. The number of hydrogen-bond acceptors (Lipinski definition) is 2. The average Bonchev–Trinajstić information content (AvgIpc) is 2.46. The zero-order valence-corrected chi connectivity index (χ0v) is 13.7. The van der Waals surface area contributed by atoms with Gasteiger partial charge in [-0.15, -0.1) is 0 Å².